The van der Waals surface area contributed by atoms with E-state index < -0.39 is 0 Å². The van der Waals surface area contributed by atoms with E-state index in [0.29, 0.717) is 18.6 Å². The topological polar surface area (TPSA) is 65.3 Å². The Morgan fingerprint density at radius 2 is 2.18 bits per heavy atom. The van der Waals surface area contributed by atoms with Crippen molar-refractivity contribution < 1.29 is 9.66 Å². The van der Waals surface area contributed by atoms with Gasteiger partial charge in [0.15, 0.2) is 0 Å². The maximum absolute atomic E-state index is 10.9. The van der Waals surface area contributed by atoms with Gasteiger partial charge in [-0.3, -0.25) is 15.1 Å². The van der Waals surface area contributed by atoms with Crippen LogP contribution in [0.25, 0.3) is 10.8 Å². The molecule has 1 aromatic heterocycles. The van der Waals surface area contributed by atoms with Crippen molar-refractivity contribution in [1.29, 1.82) is 0 Å². The molecule has 17 heavy (non-hydrogen) atoms. The zero-order valence-corrected chi connectivity index (χ0v) is 9.42. The molecule has 2 aromatic rings. The second kappa shape index (κ2) is 4.88. The predicted molar refractivity (Wildman–Crippen MR) is 63.7 cm³/mol. The highest BCUT2D eigenvalue weighted by Crippen LogP contribution is 2.26. The van der Waals surface area contributed by atoms with Gasteiger partial charge in [-0.1, -0.05) is 12.1 Å². The number of ether oxygens (including phenoxy) is 1. The molecule has 5 nitrogen and oxygen atoms in total. The average Bonchev–Trinajstić information content (AvgIpc) is 2.35. The van der Waals surface area contributed by atoms with Crippen molar-refractivity contribution in [2.24, 2.45) is 0 Å². The van der Waals surface area contributed by atoms with Crippen molar-refractivity contribution in [2.45, 2.75) is 13.5 Å². The number of nitrogens with zero attached hydrogens (tertiary/aromatic N) is 2. The summed E-state index contributed by atoms with van der Waals surface area (Å²) >= 11 is 0. The number of nitro benzene ring substituents is 1. The Balaban J connectivity index is 2.57. The molecule has 88 valence electrons. The first-order valence-corrected chi connectivity index (χ1v) is 5.32. The molecule has 0 saturated heterocycles. The molecule has 0 radical (unpaired) electrons. The quantitative estimate of drug-likeness (QED) is 0.600. The van der Waals surface area contributed by atoms with E-state index in [1.807, 2.05) is 13.0 Å². The summed E-state index contributed by atoms with van der Waals surface area (Å²) < 4.78 is 5.30. The predicted octanol–water partition coefficient (Wildman–Crippen LogP) is 2.68. The molecular weight excluding hydrogens is 220 g/mol. The zero-order chi connectivity index (χ0) is 12.3. The van der Waals surface area contributed by atoms with E-state index in [-0.39, 0.29) is 10.6 Å². The van der Waals surface area contributed by atoms with Crippen LogP contribution in [0.5, 0.6) is 0 Å². The van der Waals surface area contributed by atoms with E-state index in [0.717, 1.165) is 11.1 Å². The van der Waals surface area contributed by atoms with Gasteiger partial charge in [0, 0.05) is 24.3 Å². The van der Waals surface area contributed by atoms with Crippen LogP contribution in [-0.2, 0) is 11.3 Å². The van der Waals surface area contributed by atoms with Gasteiger partial charge in [-0.25, -0.2) is 0 Å². The van der Waals surface area contributed by atoms with Crippen molar-refractivity contribution >= 4 is 16.5 Å². The number of rotatable bonds is 4. The summed E-state index contributed by atoms with van der Waals surface area (Å²) in [4.78, 5) is 14.7. The van der Waals surface area contributed by atoms with Gasteiger partial charge < -0.3 is 4.74 Å². The number of hydrogen-bond acceptors (Lipinski definition) is 4. The van der Waals surface area contributed by atoms with Crippen LogP contribution in [0.1, 0.15) is 12.6 Å². The van der Waals surface area contributed by atoms with Gasteiger partial charge in [-0.2, -0.15) is 0 Å². The van der Waals surface area contributed by atoms with Crippen LogP contribution in [0.3, 0.4) is 0 Å². The molecule has 5 heteroatoms. The molecule has 2 rings (SSSR count). The molecular formula is C12H12N2O3. The maximum Gasteiger partial charge on any atom is 0.277 e. The summed E-state index contributed by atoms with van der Waals surface area (Å²) in [5, 5.41) is 12.3. The van der Waals surface area contributed by atoms with Crippen LogP contribution in [0.15, 0.2) is 30.5 Å². The smallest absolute Gasteiger partial charge is 0.277 e. The minimum absolute atomic E-state index is 0.0997. The lowest BCUT2D eigenvalue weighted by molar-refractivity contribution is -0.383. The normalized spacial score (nSPS) is 10.6. The van der Waals surface area contributed by atoms with Gasteiger partial charge in [0.25, 0.3) is 5.69 Å². The fourth-order valence-electron chi connectivity index (χ4n) is 1.72. The van der Waals surface area contributed by atoms with Crippen molar-refractivity contribution in [3.05, 3.63) is 46.3 Å². The number of nitro groups is 1. The fraction of sp³-hybridized carbons (Fsp3) is 0.250. The highest BCUT2D eigenvalue weighted by Gasteiger charge is 2.13. The Hall–Kier alpha value is -2.01. The molecule has 0 spiro atoms. The van der Waals surface area contributed by atoms with Gasteiger partial charge in [0.1, 0.15) is 0 Å². The van der Waals surface area contributed by atoms with Crippen LogP contribution in [0.4, 0.5) is 5.69 Å². The van der Waals surface area contributed by atoms with Crippen LogP contribution in [-0.4, -0.2) is 16.5 Å². The molecule has 0 fully saturated rings. The summed E-state index contributed by atoms with van der Waals surface area (Å²) in [6.45, 7) is 2.86. The van der Waals surface area contributed by atoms with Crippen LogP contribution in [0.2, 0.25) is 0 Å². The molecule has 0 aliphatic carbocycles. The third kappa shape index (κ3) is 2.24. The minimum atomic E-state index is -0.382. The average molecular weight is 232 g/mol. The summed E-state index contributed by atoms with van der Waals surface area (Å²) in [5.74, 6) is 0. The van der Waals surface area contributed by atoms with Crippen molar-refractivity contribution in [3.8, 4) is 0 Å². The molecule has 0 aliphatic rings. The van der Waals surface area contributed by atoms with E-state index in [2.05, 4.69) is 4.98 Å². The monoisotopic (exact) mass is 232 g/mol. The maximum atomic E-state index is 10.9. The molecule has 0 N–H and O–H groups in total. The first-order chi connectivity index (χ1) is 8.24. The summed E-state index contributed by atoms with van der Waals surface area (Å²) in [7, 11) is 0. The molecule has 1 aromatic carbocycles. The summed E-state index contributed by atoms with van der Waals surface area (Å²) in [5.41, 5.74) is 0.829. The third-order valence-corrected chi connectivity index (χ3v) is 2.51. The first kappa shape index (κ1) is 11.5. The molecule has 0 unspecified atom stereocenters. The van der Waals surface area contributed by atoms with Gasteiger partial charge in [-0.05, 0) is 13.0 Å². The minimum Gasteiger partial charge on any atom is -0.375 e. The lowest BCUT2D eigenvalue weighted by Crippen LogP contribution is -1.97. The van der Waals surface area contributed by atoms with E-state index >= 15 is 0 Å². The van der Waals surface area contributed by atoms with E-state index in [1.54, 1.807) is 18.3 Å². The first-order valence-electron chi connectivity index (χ1n) is 5.32. The Bertz CT molecular complexity index is 554. The number of hydrogen-bond donors (Lipinski definition) is 0. The van der Waals surface area contributed by atoms with Crippen LogP contribution >= 0.6 is 0 Å². The third-order valence-electron chi connectivity index (χ3n) is 2.51. The Kier molecular flexibility index (Phi) is 3.30. The molecule has 0 atom stereocenters. The molecule has 1 heterocycles. The largest absolute Gasteiger partial charge is 0.375 e. The lowest BCUT2D eigenvalue weighted by Gasteiger charge is -2.05. The van der Waals surface area contributed by atoms with Crippen LogP contribution in [0, 0.1) is 10.1 Å². The zero-order valence-electron chi connectivity index (χ0n) is 9.42. The fourth-order valence-corrected chi connectivity index (χ4v) is 1.72. The number of aromatic nitrogens is 1. The Morgan fingerprint density at radius 3 is 2.88 bits per heavy atom. The van der Waals surface area contributed by atoms with Gasteiger partial charge >= 0.3 is 0 Å². The second-order valence-electron chi connectivity index (χ2n) is 3.52. The summed E-state index contributed by atoms with van der Waals surface area (Å²) in [6, 6.07) is 6.64. The van der Waals surface area contributed by atoms with E-state index in [4.69, 9.17) is 4.74 Å². The molecule has 0 amide bonds. The number of benzene rings is 1. The van der Waals surface area contributed by atoms with Gasteiger partial charge in [-0.15, -0.1) is 0 Å². The van der Waals surface area contributed by atoms with Gasteiger partial charge in [0.05, 0.1) is 22.6 Å². The number of non-ortho nitro benzene ring substituents is 1. The second-order valence-corrected chi connectivity index (χ2v) is 3.52. The van der Waals surface area contributed by atoms with E-state index in [9.17, 15) is 10.1 Å². The standard InChI is InChI=1S/C12H12N2O3/c1-2-17-8-11-9-4-3-5-12(14(15)16)10(9)6-7-13-11/h3-7H,2,8H2,1H3. The van der Waals surface area contributed by atoms with Crippen LogP contribution < -0.4 is 0 Å². The number of fused-ring (bicyclic) bond motifs is 1. The summed E-state index contributed by atoms with van der Waals surface area (Å²) in [6.07, 6.45) is 1.57. The molecule has 0 saturated carbocycles. The van der Waals surface area contributed by atoms with E-state index in [1.165, 1.54) is 6.07 Å². The molecule has 0 aliphatic heterocycles. The highest BCUT2D eigenvalue weighted by molar-refractivity contribution is 5.92. The van der Waals surface area contributed by atoms with Crippen molar-refractivity contribution in [1.82, 2.24) is 4.98 Å². The highest BCUT2D eigenvalue weighted by atomic mass is 16.6. The van der Waals surface area contributed by atoms with Crippen molar-refractivity contribution in [3.63, 3.8) is 0 Å². The van der Waals surface area contributed by atoms with Crippen molar-refractivity contribution in [2.75, 3.05) is 6.61 Å². The lowest BCUT2D eigenvalue weighted by atomic mass is 10.1. The van der Waals surface area contributed by atoms with Gasteiger partial charge in [0.2, 0.25) is 0 Å². The SMILES string of the molecule is CCOCc1nccc2c([N+](=O)[O-])cccc12. The Morgan fingerprint density at radius 1 is 1.35 bits per heavy atom. The Labute approximate surface area is 98.2 Å². The number of pyridine rings is 1. The molecule has 0 bridgehead atoms.